The second kappa shape index (κ2) is 10.2. The Balaban J connectivity index is 1.49. The third kappa shape index (κ3) is 5.66. The Kier molecular flexibility index (Phi) is 7.15. The summed E-state index contributed by atoms with van der Waals surface area (Å²) >= 11 is 0. The van der Waals surface area contributed by atoms with Gasteiger partial charge in [0.25, 0.3) is 5.91 Å². The van der Waals surface area contributed by atoms with Crippen LogP contribution in [-0.2, 0) is 20.9 Å². The quantitative estimate of drug-likeness (QED) is 0.525. The van der Waals surface area contributed by atoms with Crippen LogP contribution in [0.2, 0.25) is 0 Å². The maximum Gasteiger partial charge on any atom is 0.331 e. The highest BCUT2D eigenvalue weighted by atomic mass is 16.6. The SMILES string of the molecule is COc1cccc(CNC(=O)COC(=O)/C=C/c2cc(OC)c3c(c2)OCCO3)c1. The normalized spacial score (nSPS) is 12.3. The van der Waals surface area contributed by atoms with Crippen LogP contribution in [0.3, 0.4) is 0 Å². The van der Waals surface area contributed by atoms with Crippen molar-refractivity contribution in [1.82, 2.24) is 5.32 Å². The molecule has 1 aliphatic rings. The van der Waals surface area contributed by atoms with Gasteiger partial charge in [-0.15, -0.1) is 0 Å². The molecule has 0 unspecified atom stereocenters. The van der Waals surface area contributed by atoms with Gasteiger partial charge >= 0.3 is 5.97 Å². The number of nitrogens with one attached hydrogen (secondary N) is 1. The van der Waals surface area contributed by atoms with E-state index in [1.807, 2.05) is 24.3 Å². The van der Waals surface area contributed by atoms with Gasteiger partial charge < -0.3 is 29.0 Å². The molecule has 0 atom stereocenters. The fourth-order valence-electron chi connectivity index (χ4n) is 2.77. The van der Waals surface area contributed by atoms with E-state index in [4.69, 9.17) is 23.7 Å². The molecule has 8 nitrogen and oxygen atoms in total. The van der Waals surface area contributed by atoms with Gasteiger partial charge in [0.05, 0.1) is 14.2 Å². The Labute approximate surface area is 174 Å². The molecule has 0 saturated heterocycles. The molecule has 1 N–H and O–H groups in total. The largest absolute Gasteiger partial charge is 0.497 e. The topological polar surface area (TPSA) is 92.3 Å². The number of carbonyl (C=O) groups is 2. The minimum absolute atomic E-state index is 0.306. The van der Waals surface area contributed by atoms with Crippen molar-refractivity contribution in [1.29, 1.82) is 0 Å². The van der Waals surface area contributed by atoms with Crippen LogP contribution in [-0.4, -0.2) is 45.9 Å². The molecule has 0 aromatic heterocycles. The summed E-state index contributed by atoms with van der Waals surface area (Å²) in [4.78, 5) is 23.8. The highest BCUT2D eigenvalue weighted by Gasteiger charge is 2.17. The lowest BCUT2D eigenvalue weighted by atomic mass is 10.1. The molecule has 0 radical (unpaired) electrons. The lowest BCUT2D eigenvalue weighted by molar-refractivity contribution is -0.143. The van der Waals surface area contributed by atoms with Crippen LogP contribution in [0.15, 0.2) is 42.5 Å². The summed E-state index contributed by atoms with van der Waals surface area (Å²) in [7, 11) is 3.10. The lowest BCUT2D eigenvalue weighted by Gasteiger charge is -2.20. The number of esters is 1. The summed E-state index contributed by atoms with van der Waals surface area (Å²) < 4.78 is 26.5. The van der Waals surface area contributed by atoms with Crippen molar-refractivity contribution in [2.75, 3.05) is 34.0 Å². The molecule has 0 spiro atoms. The maximum atomic E-state index is 11.9. The van der Waals surface area contributed by atoms with Crippen molar-refractivity contribution in [2.45, 2.75) is 6.54 Å². The first-order valence-electron chi connectivity index (χ1n) is 9.31. The van der Waals surface area contributed by atoms with E-state index in [9.17, 15) is 9.59 Å². The van der Waals surface area contributed by atoms with Gasteiger partial charge in [-0.2, -0.15) is 0 Å². The number of carbonyl (C=O) groups excluding carboxylic acids is 2. The Bertz CT molecular complexity index is 922. The zero-order valence-corrected chi connectivity index (χ0v) is 16.8. The van der Waals surface area contributed by atoms with Gasteiger partial charge in [0.2, 0.25) is 5.75 Å². The van der Waals surface area contributed by atoms with E-state index in [0.717, 1.165) is 5.56 Å². The molecule has 0 saturated carbocycles. The van der Waals surface area contributed by atoms with Crippen molar-refractivity contribution >= 4 is 18.0 Å². The maximum absolute atomic E-state index is 11.9. The summed E-state index contributed by atoms with van der Waals surface area (Å²) in [5.74, 6) is 1.26. The number of methoxy groups -OCH3 is 2. The fourth-order valence-corrected chi connectivity index (χ4v) is 2.77. The van der Waals surface area contributed by atoms with Gasteiger partial charge in [0.1, 0.15) is 19.0 Å². The number of hydrogen-bond donors (Lipinski definition) is 1. The zero-order chi connectivity index (χ0) is 21.3. The predicted molar refractivity (Wildman–Crippen MR) is 109 cm³/mol. The number of benzene rings is 2. The second-order valence-corrected chi connectivity index (χ2v) is 6.32. The average Bonchev–Trinajstić information content (AvgIpc) is 2.79. The standard InChI is InChI=1S/C22H23NO7/c1-26-17-5-3-4-16(10-17)13-23-20(24)14-30-21(25)7-6-15-11-18(27-2)22-19(12-15)28-8-9-29-22/h3-7,10-12H,8-9,13-14H2,1-2H3,(H,23,24)/b7-6+. The molecule has 1 amide bonds. The summed E-state index contributed by atoms with van der Waals surface area (Å²) in [6, 6.07) is 10.8. The van der Waals surface area contributed by atoms with Crippen LogP contribution < -0.4 is 24.3 Å². The highest BCUT2D eigenvalue weighted by molar-refractivity contribution is 5.89. The minimum atomic E-state index is -0.639. The lowest BCUT2D eigenvalue weighted by Crippen LogP contribution is -2.28. The molecular weight excluding hydrogens is 390 g/mol. The van der Waals surface area contributed by atoms with Crippen LogP contribution in [0, 0.1) is 0 Å². The van der Waals surface area contributed by atoms with E-state index in [1.54, 1.807) is 25.3 Å². The van der Waals surface area contributed by atoms with Crippen LogP contribution in [0.4, 0.5) is 0 Å². The number of fused-ring (bicyclic) bond motifs is 1. The van der Waals surface area contributed by atoms with Crippen LogP contribution in [0.25, 0.3) is 6.08 Å². The Morgan fingerprint density at radius 3 is 2.73 bits per heavy atom. The highest BCUT2D eigenvalue weighted by Crippen LogP contribution is 2.40. The Hall–Kier alpha value is -3.68. The third-order valence-electron chi connectivity index (χ3n) is 4.23. The van der Waals surface area contributed by atoms with E-state index in [-0.39, 0.29) is 6.61 Å². The molecule has 1 heterocycles. The van der Waals surface area contributed by atoms with Crippen LogP contribution >= 0.6 is 0 Å². The molecule has 8 heteroatoms. The second-order valence-electron chi connectivity index (χ2n) is 6.32. The predicted octanol–water partition coefficient (Wildman–Crippen LogP) is 2.35. The van der Waals surface area contributed by atoms with Gasteiger partial charge in [-0.25, -0.2) is 4.79 Å². The molecule has 2 aromatic carbocycles. The van der Waals surface area contributed by atoms with Gasteiger partial charge in [-0.3, -0.25) is 4.79 Å². The molecule has 0 aliphatic carbocycles. The van der Waals surface area contributed by atoms with E-state index in [1.165, 1.54) is 13.2 Å². The van der Waals surface area contributed by atoms with Crippen molar-refractivity contribution in [3.63, 3.8) is 0 Å². The first-order chi connectivity index (χ1) is 14.6. The Morgan fingerprint density at radius 1 is 1.10 bits per heavy atom. The monoisotopic (exact) mass is 413 g/mol. The summed E-state index contributed by atoms with van der Waals surface area (Å²) in [6.45, 7) is 0.818. The molecule has 0 fully saturated rings. The van der Waals surface area contributed by atoms with E-state index < -0.39 is 11.9 Å². The number of hydrogen-bond acceptors (Lipinski definition) is 7. The van der Waals surface area contributed by atoms with Crippen molar-refractivity contribution in [3.8, 4) is 23.0 Å². The van der Waals surface area contributed by atoms with Crippen molar-refractivity contribution in [3.05, 3.63) is 53.6 Å². The van der Waals surface area contributed by atoms with Crippen molar-refractivity contribution < 1.29 is 33.3 Å². The molecule has 158 valence electrons. The smallest absolute Gasteiger partial charge is 0.331 e. The first kappa shape index (κ1) is 21.0. The molecular formula is C22H23NO7. The molecule has 3 rings (SSSR count). The van der Waals surface area contributed by atoms with Crippen LogP contribution in [0.1, 0.15) is 11.1 Å². The zero-order valence-electron chi connectivity index (χ0n) is 16.8. The summed E-state index contributed by atoms with van der Waals surface area (Å²) in [5.41, 5.74) is 1.55. The molecule has 2 aromatic rings. The minimum Gasteiger partial charge on any atom is -0.497 e. The number of rotatable bonds is 8. The number of ether oxygens (including phenoxy) is 5. The first-order valence-corrected chi connectivity index (χ1v) is 9.31. The van der Waals surface area contributed by atoms with Gasteiger partial charge in [-0.05, 0) is 41.5 Å². The summed E-state index contributed by atoms with van der Waals surface area (Å²) in [6.07, 6.45) is 2.79. The number of amides is 1. The van der Waals surface area contributed by atoms with E-state index >= 15 is 0 Å². The Morgan fingerprint density at radius 2 is 1.93 bits per heavy atom. The van der Waals surface area contributed by atoms with Gasteiger partial charge in [-0.1, -0.05) is 12.1 Å². The van der Waals surface area contributed by atoms with E-state index in [0.29, 0.717) is 48.3 Å². The van der Waals surface area contributed by atoms with E-state index in [2.05, 4.69) is 5.32 Å². The molecule has 1 aliphatic heterocycles. The fraction of sp³-hybridized carbons (Fsp3) is 0.273. The van der Waals surface area contributed by atoms with Crippen molar-refractivity contribution in [2.24, 2.45) is 0 Å². The summed E-state index contributed by atoms with van der Waals surface area (Å²) in [5, 5.41) is 2.69. The van der Waals surface area contributed by atoms with Crippen LogP contribution in [0.5, 0.6) is 23.0 Å². The van der Waals surface area contributed by atoms with Gasteiger partial charge in [0, 0.05) is 12.6 Å². The average molecular weight is 413 g/mol. The third-order valence-corrected chi connectivity index (χ3v) is 4.23. The molecule has 0 bridgehead atoms. The molecule has 30 heavy (non-hydrogen) atoms. The van der Waals surface area contributed by atoms with Gasteiger partial charge in [0.15, 0.2) is 18.1 Å².